The summed E-state index contributed by atoms with van der Waals surface area (Å²) < 4.78 is 26.2. The van der Waals surface area contributed by atoms with Crippen LogP contribution in [0.3, 0.4) is 0 Å². The van der Waals surface area contributed by atoms with Crippen molar-refractivity contribution in [1.29, 1.82) is 0 Å². The summed E-state index contributed by atoms with van der Waals surface area (Å²) >= 11 is 0. The number of carbonyl (C=O) groups excluding carboxylic acids is 2. The van der Waals surface area contributed by atoms with Crippen LogP contribution in [-0.4, -0.2) is 82.2 Å². The maximum Gasteiger partial charge on any atom is 0.322 e. The van der Waals surface area contributed by atoms with Crippen LogP contribution in [-0.2, 0) is 29.9 Å². The second-order valence-corrected chi connectivity index (χ2v) is 13.8. The Bertz CT molecular complexity index is 1690. The summed E-state index contributed by atoms with van der Waals surface area (Å²) in [7, 11) is -0.0585. The Balaban J connectivity index is 1.35. The number of rotatable bonds is 6. The number of hydrogen-bond donors (Lipinski definition) is 0. The molecular weight excluding hydrogens is 544 g/mol. The molecule has 0 bridgehead atoms. The first-order valence-corrected chi connectivity index (χ1v) is 15.7. The number of amides is 1. The summed E-state index contributed by atoms with van der Waals surface area (Å²) in [6.07, 6.45) is 7.13. The molecule has 1 aromatic carbocycles. The van der Waals surface area contributed by atoms with Gasteiger partial charge in [-0.2, -0.15) is 0 Å². The molecule has 3 fully saturated rings. The van der Waals surface area contributed by atoms with Gasteiger partial charge < -0.3 is 19.5 Å². The van der Waals surface area contributed by atoms with Crippen LogP contribution in [0.1, 0.15) is 24.8 Å². The molecule has 4 aliphatic rings. The van der Waals surface area contributed by atoms with Crippen LogP contribution in [0.4, 0.5) is 17.2 Å². The van der Waals surface area contributed by atoms with Gasteiger partial charge >= 0.3 is 6.47 Å². The standard InChI is InChI=1S/C29H32N6O5S/c1-32-13-20-15-34(16-21(20)14-32)27-24(35(40-17-36)41(3,38)39)10-19(11-31-27)18-5-6-23-22(9-18)26-25(12-30-23)33(2)28(37)29(26)7-4-8-29/h5-6,9-12,17,20-21H,4,7-8,13-16H2,1-3H3. The van der Waals surface area contributed by atoms with Crippen LogP contribution in [0.15, 0.2) is 36.7 Å². The highest BCUT2D eigenvalue weighted by Gasteiger charge is 2.54. The smallest absolute Gasteiger partial charge is 0.322 e. The Kier molecular flexibility index (Phi) is 5.81. The van der Waals surface area contributed by atoms with Crippen LogP contribution >= 0.6 is 0 Å². The molecule has 1 saturated carbocycles. The number of nitrogens with zero attached hydrogens (tertiary/aromatic N) is 6. The molecule has 2 unspecified atom stereocenters. The predicted molar refractivity (Wildman–Crippen MR) is 155 cm³/mol. The van der Waals surface area contributed by atoms with Crippen molar-refractivity contribution in [3.05, 3.63) is 42.2 Å². The third kappa shape index (κ3) is 3.91. The van der Waals surface area contributed by atoms with Gasteiger partial charge in [-0.3, -0.25) is 14.6 Å². The number of anilines is 3. The molecule has 1 spiro atoms. The van der Waals surface area contributed by atoms with Crippen molar-refractivity contribution >= 4 is 50.5 Å². The molecule has 1 amide bonds. The van der Waals surface area contributed by atoms with Gasteiger partial charge in [0.2, 0.25) is 5.91 Å². The molecular formula is C29H32N6O5S. The maximum absolute atomic E-state index is 13.3. The molecule has 2 atom stereocenters. The Hall–Kier alpha value is -3.77. The molecule has 2 saturated heterocycles. The molecule has 12 heteroatoms. The highest BCUT2D eigenvalue weighted by atomic mass is 32.2. The van der Waals surface area contributed by atoms with E-state index in [9.17, 15) is 18.0 Å². The molecule has 11 nitrogen and oxygen atoms in total. The fourth-order valence-corrected chi connectivity index (χ4v) is 8.07. The lowest BCUT2D eigenvalue weighted by atomic mass is 9.64. The van der Waals surface area contributed by atoms with E-state index in [1.807, 2.05) is 18.2 Å². The van der Waals surface area contributed by atoms with Gasteiger partial charge in [-0.05, 0) is 55.5 Å². The third-order valence-electron chi connectivity index (χ3n) is 9.39. The van der Waals surface area contributed by atoms with Gasteiger partial charge in [0, 0.05) is 55.9 Å². The van der Waals surface area contributed by atoms with E-state index in [4.69, 9.17) is 9.82 Å². The van der Waals surface area contributed by atoms with E-state index in [1.54, 1.807) is 30.4 Å². The molecule has 5 heterocycles. The normalized spacial score (nSPS) is 23.1. The second-order valence-electron chi connectivity index (χ2n) is 12.0. The average molecular weight is 577 g/mol. The SMILES string of the molecule is CN1CC2CN(c3ncc(-c4ccc5ncc6c(c5c4)C4(CCC4)C(=O)N6C)cc3N(OC=O)S(C)(=O)=O)CC2C1. The van der Waals surface area contributed by atoms with E-state index in [0.29, 0.717) is 27.7 Å². The number of hydrogen-bond acceptors (Lipinski definition) is 9. The van der Waals surface area contributed by atoms with Gasteiger partial charge in [-0.15, -0.1) is 0 Å². The summed E-state index contributed by atoms with van der Waals surface area (Å²) in [5.74, 6) is 1.50. The number of benzene rings is 1. The lowest BCUT2D eigenvalue weighted by Gasteiger charge is -2.37. The minimum Gasteiger partial charge on any atom is -0.354 e. The zero-order chi connectivity index (χ0) is 28.7. The molecule has 214 valence electrons. The van der Waals surface area contributed by atoms with E-state index in [2.05, 4.69) is 21.8 Å². The van der Waals surface area contributed by atoms with Gasteiger partial charge in [-0.1, -0.05) is 17.0 Å². The van der Waals surface area contributed by atoms with Crippen LogP contribution in [0.25, 0.3) is 22.0 Å². The summed E-state index contributed by atoms with van der Waals surface area (Å²) in [6, 6.07) is 7.55. The number of likely N-dealkylation sites (tertiary alicyclic amines) is 1. The second kappa shape index (κ2) is 9.12. The third-order valence-corrected chi connectivity index (χ3v) is 10.3. The van der Waals surface area contributed by atoms with Crippen LogP contribution in [0, 0.1) is 11.8 Å². The van der Waals surface area contributed by atoms with Crippen molar-refractivity contribution in [2.45, 2.75) is 24.7 Å². The first-order valence-electron chi connectivity index (χ1n) is 13.9. The fourth-order valence-electron chi connectivity index (χ4n) is 7.39. The summed E-state index contributed by atoms with van der Waals surface area (Å²) in [6.45, 7) is 3.55. The summed E-state index contributed by atoms with van der Waals surface area (Å²) in [4.78, 5) is 45.2. The molecule has 0 radical (unpaired) electrons. The van der Waals surface area contributed by atoms with Crippen molar-refractivity contribution in [2.75, 3.05) is 60.8 Å². The van der Waals surface area contributed by atoms with Gasteiger partial charge in [-0.25, -0.2) is 13.4 Å². The number of carbonyl (C=O) groups is 2. The van der Waals surface area contributed by atoms with E-state index in [-0.39, 0.29) is 18.1 Å². The Morgan fingerprint density at radius 2 is 1.76 bits per heavy atom. The van der Waals surface area contributed by atoms with Gasteiger partial charge in [0.25, 0.3) is 10.0 Å². The Morgan fingerprint density at radius 1 is 1.02 bits per heavy atom. The largest absolute Gasteiger partial charge is 0.354 e. The first kappa shape index (κ1) is 26.1. The van der Waals surface area contributed by atoms with E-state index >= 15 is 0 Å². The fraction of sp³-hybridized carbons (Fsp3) is 0.448. The molecule has 3 aliphatic heterocycles. The lowest BCUT2D eigenvalue weighted by molar-refractivity contribution is -0.128. The van der Waals surface area contributed by atoms with Crippen LogP contribution in [0.2, 0.25) is 0 Å². The molecule has 7 rings (SSSR count). The van der Waals surface area contributed by atoms with E-state index in [1.165, 1.54) is 0 Å². The minimum atomic E-state index is -3.97. The molecule has 41 heavy (non-hydrogen) atoms. The number of sulfonamides is 1. The topological polar surface area (TPSA) is 116 Å². The zero-order valence-corrected chi connectivity index (χ0v) is 24.1. The monoisotopic (exact) mass is 576 g/mol. The van der Waals surface area contributed by atoms with Crippen LogP contribution in [0.5, 0.6) is 0 Å². The lowest BCUT2D eigenvalue weighted by Crippen LogP contribution is -2.43. The molecule has 1 aliphatic carbocycles. The van der Waals surface area contributed by atoms with E-state index in [0.717, 1.165) is 79.4 Å². The quantitative estimate of drug-likeness (QED) is 0.322. The van der Waals surface area contributed by atoms with E-state index < -0.39 is 15.4 Å². The average Bonchev–Trinajstić information content (AvgIpc) is 3.53. The Labute approximate surface area is 238 Å². The van der Waals surface area contributed by atoms with Crippen molar-refractivity contribution < 1.29 is 22.8 Å². The van der Waals surface area contributed by atoms with Gasteiger partial charge in [0.05, 0.1) is 29.1 Å². The van der Waals surface area contributed by atoms with Crippen molar-refractivity contribution in [3.8, 4) is 11.1 Å². The number of pyridine rings is 2. The summed E-state index contributed by atoms with van der Waals surface area (Å²) in [5, 5.41) is 0.906. The van der Waals surface area contributed by atoms with Crippen molar-refractivity contribution in [1.82, 2.24) is 14.9 Å². The van der Waals surface area contributed by atoms with Gasteiger partial charge in [0.15, 0.2) is 5.82 Å². The van der Waals surface area contributed by atoms with Crippen molar-refractivity contribution in [2.24, 2.45) is 11.8 Å². The molecule has 2 aromatic heterocycles. The number of likely N-dealkylation sites (N-methyl/N-ethyl adjacent to an activating group) is 1. The van der Waals surface area contributed by atoms with Crippen LogP contribution < -0.4 is 14.3 Å². The molecule has 3 aromatic rings. The first-order chi connectivity index (χ1) is 19.6. The van der Waals surface area contributed by atoms with Crippen molar-refractivity contribution in [3.63, 3.8) is 0 Å². The predicted octanol–water partition coefficient (Wildman–Crippen LogP) is 2.55. The summed E-state index contributed by atoms with van der Waals surface area (Å²) in [5.41, 5.74) is 3.78. The highest BCUT2D eigenvalue weighted by Crippen LogP contribution is 2.55. The highest BCUT2D eigenvalue weighted by molar-refractivity contribution is 7.91. The zero-order valence-electron chi connectivity index (χ0n) is 23.3. The number of fused-ring (bicyclic) bond motifs is 5. The van der Waals surface area contributed by atoms with Gasteiger partial charge in [0.1, 0.15) is 5.69 Å². The minimum absolute atomic E-state index is 0.113. The number of aromatic nitrogens is 2. The maximum atomic E-state index is 13.3. The molecule has 0 N–H and O–H groups in total. The Morgan fingerprint density at radius 3 is 2.39 bits per heavy atom.